The largest absolute Gasteiger partial charge is 0.497 e. The minimum atomic E-state index is -0.908. The van der Waals surface area contributed by atoms with Crippen LogP contribution in [0.1, 0.15) is 59.1 Å². The van der Waals surface area contributed by atoms with Crippen molar-refractivity contribution >= 4 is 23.2 Å². The maximum atomic E-state index is 13.9. The second-order valence-electron chi connectivity index (χ2n) is 8.58. The van der Waals surface area contributed by atoms with E-state index in [9.17, 15) is 9.59 Å². The van der Waals surface area contributed by atoms with E-state index in [4.69, 9.17) is 9.47 Å². The van der Waals surface area contributed by atoms with Crippen molar-refractivity contribution in [2.75, 3.05) is 14.2 Å². The minimum Gasteiger partial charge on any atom is -0.497 e. The standard InChI is InChI=1S/C27H31N3O4S/c1-33-20-13-14-22(24(17-20)34-2)25(26(31)29-19-9-4-3-5-10-19)30(18-21-11-8-16-35-21)27(32)23-12-6-7-15-28-23/h6-8,11-17,19,25H,3-5,9-10,18H2,1-2H3,(H,29,31). The summed E-state index contributed by atoms with van der Waals surface area (Å²) in [5, 5.41) is 5.19. The molecule has 35 heavy (non-hydrogen) atoms. The molecule has 1 N–H and O–H groups in total. The topological polar surface area (TPSA) is 80.8 Å². The Labute approximate surface area is 210 Å². The highest BCUT2D eigenvalue weighted by molar-refractivity contribution is 7.09. The number of carbonyl (C=O) groups is 2. The number of hydrogen-bond donors (Lipinski definition) is 1. The highest BCUT2D eigenvalue weighted by Gasteiger charge is 2.36. The molecule has 1 aromatic carbocycles. The lowest BCUT2D eigenvalue weighted by Gasteiger charge is -2.33. The Kier molecular flexibility index (Phi) is 8.36. The Morgan fingerprint density at radius 3 is 2.57 bits per heavy atom. The van der Waals surface area contributed by atoms with E-state index >= 15 is 0 Å². The van der Waals surface area contributed by atoms with Gasteiger partial charge < -0.3 is 19.7 Å². The molecule has 1 atom stereocenters. The first kappa shape index (κ1) is 24.7. The Bertz CT molecular complexity index is 1110. The molecule has 1 unspecified atom stereocenters. The minimum absolute atomic E-state index is 0.0940. The maximum absolute atomic E-state index is 13.9. The highest BCUT2D eigenvalue weighted by Crippen LogP contribution is 2.35. The number of benzene rings is 1. The molecular weight excluding hydrogens is 462 g/mol. The van der Waals surface area contributed by atoms with Gasteiger partial charge in [-0.05, 0) is 48.6 Å². The van der Waals surface area contributed by atoms with Crippen LogP contribution in [0.4, 0.5) is 0 Å². The molecule has 8 heteroatoms. The molecule has 1 aliphatic carbocycles. The summed E-state index contributed by atoms with van der Waals surface area (Å²) in [6.07, 6.45) is 6.83. The van der Waals surface area contributed by atoms with Gasteiger partial charge in [0.2, 0.25) is 5.91 Å². The monoisotopic (exact) mass is 493 g/mol. The first-order valence-corrected chi connectivity index (χ1v) is 12.8. The van der Waals surface area contributed by atoms with Crippen molar-refractivity contribution in [3.63, 3.8) is 0 Å². The molecule has 4 rings (SSSR count). The van der Waals surface area contributed by atoms with Gasteiger partial charge in [0.05, 0.1) is 20.8 Å². The van der Waals surface area contributed by atoms with Gasteiger partial charge in [-0.25, -0.2) is 0 Å². The Morgan fingerprint density at radius 1 is 1.09 bits per heavy atom. The van der Waals surface area contributed by atoms with Gasteiger partial charge in [-0.3, -0.25) is 14.6 Å². The summed E-state index contributed by atoms with van der Waals surface area (Å²) in [4.78, 5) is 34.6. The van der Waals surface area contributed by atoms with Crippen LogP contribution in [0.15, 0.2) is 60.1 Å². The van der Waals surface area contributed by atoms with Gasteiger partial charge in [-0.15, -0.1) is 11.3 Å². The number of nitrogens with zero attached hydrogens (tertiary/aromatic N) is 2. The number of rotatable bonds is 9. The molecule has 2 heterocycles. The number of ether oxygens (including phenoxy) is 2. The summed E-state index contributed by atoms with van der Waals surface area (Å²) in [5.74, 6) is 0.554. The van der Waals surface area contributed by atoms with Crippen LogP contribution in [0.3, 0.4) is 0 Å². The summed E-state index contributed by atoms with van der Waals surface area (Å²) in [6, 6.07) is 13.6. The average Bonchev–Trinajstić information content (AvgIpc) is 3.42. The Morgan fingerprint density at radius 2 is 1.91 bits per heavy atom. The number of amides is 2. The molecule has 0 aliphatic heterocycles. The van der Waals surface area contributed by atoms with Gasteiger partial charge in [0.15, 0.2) is 0 Å². The fourth-order valence-corrected chi connectivity index (χ4v) is 5.21. The van der Waals surface area contributed by atoms with Gasteiger partial charge >= 0.3 is 0 Å². The average molecular weight is 494 g/mol. The number of hydrogen-bond acceptors (Lipinski definition) is 6. The zero-order valence-corrected chi connectivity index (χ0v) is 20.9. The van der Waals surface area contributed by atoms with Crippen LogP contribution in [0.25, 0.3) is 0 Å². The van der Waals surface area contributed by atoms with E-state index in [1.807, 2.05) is 17.5 Å². The molecule has 1 fully saturated rings. The van der Waals surface area contributed by atoms with Crippen LogP contribution >= 0.6 is 11.3 Å². The SMILES string of the molecule is COc1ccc(C(C(=O)NC2CCCCC2)N(Cc2cccs2)C(=O)c2ccccn2)c(OC)c1. The Hall–Kier alpha value is -3.39. The lowest BCUT2D eigenvalue weighted by atomic mass is 9.94. The third-order valence-electron chi connectivity index (χ3n) is 6.30. The van der Waals surface area contributed by atoms with Crippen LogP contribution < -0.4 is 14.8 Å². The van der Waals surface area contributed by atoms with Gasteiger partial charge in [0.25, 0.3) is 5.91 Å². The number of nitrogens with one attached hydrogen (secondary N) is 1. The molecule has 1 saturated carbocycles. The molecular formula is C27H31N3O4S. The van der Waals surface area contributed by atoms with E-state index in [2.05, 4.69) is 10.3 Å². The van der Waals surface area contributed by atoms with Crippen LogP contribution in [0, 0.1) is 0 Å². The van der Waals surface area contributed by atoms with Gasteiger partial charge in [-0.1, -0.05) is 31.4 Å². The third-order valence-corrected chi connectivity index (χ3v) is 7.16. The lowest BCUT2D eigenvalue weighted by Crippen LogP contribution is -2.47. The van der Waals surface area contributed by atoms with Crippen LogP contribution in [0.5, 0.6) is 11.5 Å². The van der Waals surface area contributed by atoms with Crippen molar-refractivity contribution in [2.45, 2.75) is 50.7 Å². The molecule has 7 nitrogen and oxygen atoms in total. The third kappa shape index (κ3) is 6.00. The van der Waals surface area contributed by atoms with Crippen molar-refractivity contribution in [3.8, 4) is 11.5 Å². The Balaban J connectivity index is 1.78. The number of aromatic nitrogens is 1. The first-order valence-electron chi connectivity index (χ1n) is 11.9. The molecule has 0 saturated heterocycles. The number of pyridine rings is 1. The van der Waals surface area contributed by atoms with Crippen molar-refractivity contribution in [1.29, 1.82) is 0 Å². The van der Waals surface area contributed by atoms with Gasteiger partial charge in [-0.2, -0.15) is 0 Å². The van der Waals surface area contributed by atoms with E-state index in [1.54, 1.807) is 73.1 Å². The predicted octanol–water partition coefficient (Wildman–Crippen LogP) is 4.99. The number of carbonyl (C=O) groups excluding carboxylic acids is 2. The number of thiophene rings is 1. The van der Waals surface area contributed by atoms with Crippen molar-refractivity contribution in [1.82, 2.24) is 15.2 Å². The lowest BCUT2D eigenvalue weighted by molar-refractivity contribution is -0.127. The predicted molar refractivity (Wildman–Crippen MR) is 136 cm³/mol. The first-order chi connectivity index (χ1) is 17.1. The van der Waals surface area contributed by atoms with E-state index in [0.717, 1.165) is 30.6 Å². The van der Waals surface area contributed by atoms with Crippen molar-refractivity contribution in [2.24, 2.45) is 0 Å². The molecule has 0 bridgehead atoms. The fourth-order valence-electron chi connectivity index (χ4n) is 4.51. The van der Waals surface area contributed by atoms with Crippen LogP contribution in [-0.2, 0) is 11.3 Å². The van der Waals surface area contributed by atoms with E-state index in [0.29, 0.717) is 17.1 Å². The molecule has 0 radical (unpaired) electrons. The van der Waals surface area contributed by atoms with Crippen molar-refractivity contribution in [3.05, 3.63) is 76.2 Å². The molecule has 184 valence electrons. The fraction of sp³-hybridized carbons (Fsp3) is 0.370. The second kappa shape index (κ2) is 11.8. The molecule has 0 spiro atoms. The summed E-state index contributed by atoms with van der Waals surface area (Å²) in [5.41, 5.74) is 0.884. The van der Waals surface area contributed by atoms with E-state index in [-0.39, 0.29) is 30.1 Å². The second-order valence-corrected chi connectivity index (χ2v) is 9.61. The summed E-state index contributed by atoms with van der Waals surface area (Å²) < 4.78 is 11.0. The summed E-state index contributed by atoms with van der Waals surface area (Å²) >= 11 is 1.54. The maximum Gasteiger partial charge on any atom is 0.273 e. The molecule has 3 aromatic rings. The van der Waals surface area contributed by atoms with Crippen LogP contribution in [-0.4, -0.2) is 42.0 Å². The molecule has 2 aromatic heterocycles. The number of methoxy groups -OCH3 is 2. The normalized spacial score (nSPS) is 14.7. The van der Waals surface area contributed by atoms with Crippen molar-refractivity contribution < 1.29 is 19.1 Å². The quantitative estimate of drug-likeness (QED) is 0.454. The van der Waals surface area contributed by atoms with Gasteiger partial charge in [0.1, 0.15) is 23.2 Å². The smallest absolute Gasteiger partial charge is 0.273 e. The van der Waals surface area contributed by atoms with Crippen LogP contribution in [0.2, 0.25) is 0 Å². The molecule has 1 aliphatic rings. The zero-order valence-electron chi connectivity index (χ0n) is 20.1. The van der Waals surface area contributed by atoms with E-state index < -0.39 is 6.04 Å². The van der Waals surface area contributed by atoms with E-state index in [1.165, 1.54) is 6.42 Å². The van der Waals surface area contributed by atoms with Gasteiger partial charge in [0, 0.05) is 28.7 Å². The highest BCUT2D eigenvalue weighted by atomic mass is 32.1. The summed E-state index contributed by atoms with van der Waals surface area (Å²) in [6.45, 7) is 0.269. The zero-order chi connectivity index (χ0) is 24.6. The summed E-state index contributed by atoms with van der Waals surface area (Å²) in [7, 11) is 3.13. The molecule has 2 amide bonds.